The fourth-order valence-corrected chi connectivity index (χ4v) is 3.18. The molecule has 94 valence electrons. The predicted molar refractivity (Wildman–Crippen MR) is 69.6 cm³/mol. The van der Waals surface area contributed by atoms with Crippen molar-refractivity contribution >= 4 is 0 Å². The van der Waals surface area contributed by atoms with Crippen LogP contribution in [0.2, 0.25) is 0 Å². The largest absolute Gasteiger partial charge is 0.316 e. The van der Waals surface area contributed by atoms with Crippen LogP contribution in [0.15, 0.2) is 0 Å². The van der Waals surface area contributed by atoms with E-state index in [0.717, 1.165) is 11.8 Å². The van der Waals surface area contributed by atoms with E-state index in [1.54, 1.807) is 0 Å². The summed E-state index contributed by atoms with van der Waals surface area (Å²) in [4.78, 5) is 2.71. The first-order valence-electron chi connectivity index (χ1n) is 7.01. The number of rotatable bonds is 2. The molecule has 2 aliphatic rings. The monoisotopic (exact) mass is 224 g/mol. The molecule has 2 rings (SSSR count). The summed E-state index contributed by atoms with van der Waals surface area (Å²) in [5.74, 6) is 1.78. The van der Waals surface area contributed by atoms with Crippen LogP contribution in [0.5, 0.6) is 0 Å². The number of nitrogens with zero attached hydrogens (tertiary/aromatic N) is 1. The maximum Gasteiger partial charge on any atom is 0.00354 e. The van der Waals surface area contributed by atoms with Crippen molar-refractivity contribution in [3.8, 4) is 0 Å². The molecule has 2 heterocycles. The van der Waals surface area contributed by atoms with Gasteiger partial charge in [0.2, 0.25) is 0 Å². The normalized spacial score (nSPS) is 36.2. The van der Waals surface area contributed by atoms with Gasteiger partial charge in [-0.2, -0.15) is 0 Å². The Hall–Kier alpha value is -0.0800. The average molecular weight is 224 g/mol. The highest BCUT2D eigenvalue weighted by molar-refractivity contribution is 4.86. The Balaban J connectivity index is 1.81. The van der Waals surface area contributed by atoms with Crippen LogP contribution in [-0.4, -0.2) is 37.6 Å². The van der Waals surface area contributed by atoms with Gasteiger partial charge in [0.25, 0.3) is 0 Å². The number of hydrogen-bond donors (Lipinski definition) is 1. The molecule has 0 radical (unpaired) electrons. The van der Waals surface area contributed by atoms with Crippen molar-refractivity contribution in [2.45, 2.75) is 40.0 Å². The van der Waals surface area contributed by atoms with Crippen molar-refractivity contribution in [1.82, 2.24) is 10.2 Å². The molecule has 0 saturated carbocycles. The molecule has 0 aromatic rings. The third-order valence-corrected chi connectivity index (χ3v) is 4.76. The van der Waals surface area contributed by atoms with Gasteiger partial charge >= 0.3 is 0 Å². The molecule has 16 heavy (non-hydrogen) atoms. The average Bonchev–Trinajstić information content (AvgIpc) is 2.25. The summed E-state index contributed by atoms with van der Waals surface area (Å²) in [6.45, 7) is 13.7. The zero-order valence-electron chi connectivity index (χ0n) is 11.3. The maximum atomic E-state index is 3.53. The van der Waals surface area contributed by atoms with Crippen LogP contribution in [0, 0.1) is 17.3 Å². The molecule has 0 aromatic heterocycles. The summed E-state index contributed by atoms with van der Waals surface area (Å²) < 4.78 is 0. The Labute approximate surface area is 101 Å². The molecule has 2 saturated heterocycles. The Morgan fingerprint density at radius 3 is 2.75 bits per heavy atom. The summed E-state index contributed by atoms with van der Waals surface area (Å²) in [6.07, 6.45) is 4.19. The zero-order valence-corrected chi connectivity index (χ0v) is 11.3. The van der Waals surface area contributed by atoms with E-state index in [1.165, 1.54) is 52.0 Å². The van der Waals surface area contributed by atoms with Gasteiger partial charge in [-0.1, -0.05) is 20.8 Å². The van der Waals surface area contributed by atoms with Crippen LogP contribution in [-0.2, 0) is 0 Å². The fraction of sp³-hybridized carbons (Fsp3) is 1.00. The second kappa shape index (κ2) is 5.05. The Morgan fingerprint density at radius 1 is 1.31 bits per heavy atom. The van der Waals surface area contributed by atoms with Crippen molar-refractivity contribution in [3.05, 3.63) is 0 Å². The van der Waals surface area contributed by atoms with E-state index in [2.05, 4.69) is 31.0 Å². The van der Waals surface area contributed by atoms with Crippen LogP contribution >= 0.6 is 0 Å². The van der Waals surface area contributed by atoms with E-state index in [9.17, 15) is 0 Å². The van der Waals surface area contributed by atoms with Gasteiger partial charge in [-0.3, -0.25) is 0 Å². The lowest BCUT2D eigenvalue weighted by Gasteiger charge is -2.44. The number of likely N-dealkylation sites (tertiary alicyclic amines) is 1. The molecule has 2 aliphatic heterocycles. The molecule has 2 nitrogen and oxygen atoms in total. The quantitative estimate of drug-likeness (QED) is 0.774. The highest BCUT2D eigenvalue weighted by atomic mass is 15.1. The minimum atomic E-state index is 0.514. The van der Waals surface area contributed by atoms with E-state index >= 15 is 0 Å². The molecule has 0 bridgehead atoms. The lowest BCUT2D eigenvalue weighted by Crippen LogP contribution is -2.48. The van der Waals surface area contributed by atoms with E-state index in [4.69, 9.17) is 0 Å². The van der Waals surface area contributed by atoms with Gasteiger partial charge in [-0.25, -0.2) is 0 Å². The third kappa shape index (κ3) is 2.98. The van der Waals surface area contributed by atoms with Crippen molar-refractivity contribution in [2.24, 2.45) is 17.3 Å². The van der Waals surface area contributed by atoms with E-state index < -0.39 is 0 Å². The lowest BCUT2D eigenvalue weighted by molar-refractivity contribution is 0.0514. The molecule has 0 spiro atoms. The Bertz CT molecular complexity index is 219. The molecule has 2 fully saturated rings. The second-order valence-electron chi connectivity index (χ2n) is 6.63. The molecule has 0 aliphatic carbocycles. The SMILES string of the molecule is CC1CCN(CC2CCCNC2)CC1(C)C. The summed E-state index contributed by atoms with van der Waals surface area (Å²) in [6, 6.07) is 0. The smallest absolute Gasteiger partial charge is 0.00354 e. The van der Waals surface area contributed by atoms with Crippen LogP contribution in [0.4, 0.5) is 0 Å². The van der Waals surface area contributed by atoms with Gasteiger partial charge < -0.3 is 10.2 Å². The van der Waals surface area contributed by atoms with E-state index in [-0.39, 0.29) is 0 Å². The van der Waals surface area contributed by atoms with Crippen molar-refractivity contribution in [2.75, 3.05) is 32.7 Å². The summed E-state index contributed by atoms with van der Waals surface area (Å²) in [7, 11) is 0. The van der Waals surface area contributed by atoms with E-state index in [1.807, 2.05) is 0 Å². The highest BCUT2D eigenvalue weighted by Crippen LogP contribution is 2.34. The van der Waals surface area contributed by atoms with Crippen molar-refractivity contribution in [1.29, 1.82) is 0 Å². The molecule has 2 unspecified atom stereocenters. The minimum Gasteiger partial charge on any atom is -0.316 e. The van der Waals surface area contributed by atoms with Gasteiger partial charge in [0.1, 0.15) is 0 Å². The first-order chi connectivity index (χ1) is 7.58. The fourth-order valence-electron chi connectivity index (χ4n) is 3.18. The van der Waals surface area contributed by atoms with Gasteiger partial charge in [0.05, 0.1) is 0 Å². The summed E-state index contributed by atoms with van der Waals surface area (Å²) in [5.41, 5.74) is 0.514. The van der Waals surface area contributed by atoms with Crippen LogP contribution < -0.4 is 5.32 Å². The molecule has 0 aromatic carbocycles. The molecule has 0 amide bonds. The van der Waals surface area contributed by atoms with E-state index in [0.29, 0.717) is 5.41 Å². The number of hydrogen-bond acceptors (Lipinski definition) is 2. The molecule has 1 N–H and O–H groups in total. The second-order valence-corrected chi connectivity index (χ2v) is 6.63. The third-order valence-electron chi connectivity index (χ3n) is 4.76. The molecular formula is C14H28N2. The standard InChI is InChI=1S/C14H28N2/c1-12-6-8-16(11-14(12,2)3)10-13-5-4-7-15-9-13/h12-13,15H,4-11H2,1-3H3. The number of piperidine rings is 2. The lowest BCUT2D eigenvalue weighted by atomic mass is 9.75. The first kappa shape index (κ1) is 12.4. The summed E-state index contributed by atoms with van der Waals surface area (Å²) in [5, 5.41) is 3.53. The van der Waals surface area contributed by atoms with Gasteiger partial charge in [0, 0.05) is 13.1 Å². The topological polar surface area (TPSA) is 15.3 Å². The van der Waals surface area contributed by atoms with Crippen molar-refractivity contribution < 1.29 is 0 Å². The zero-order chi connectivity index (χ0) is 11.6. The van der Waals surface area contributed by atoms with Gasteiger partial charge in [-0.05, 0) is 56.1 Å². The molecular weight excluding hydrogens is 196 g/mol. The Morgan fingerprint density at radius 2 is 2.12 bits per heavy atom. The molecule has 2 atom stereocenters. The summed E-state index contributed by atoms with van der Waals surface area (Å²) >= 11 is 0. The maximum absolute atomic E-state index is 3.53. The Kier molecular flexibility index (Phi) is 3.91. The minimum absolute atomic E-state index is 0.514. The van der Waals surface area contributed by atoms with Crippen LogP contribution in [0.25, 0.3) is 0 Å². The van der Waals surface area contributed by atoms with Gasteiger partial charge in [0.15, 0.2) is 0 Å². The molecule has 2 heteroatoms. The van der Waals surface area contributed by atoms with Crippen molar-refractivity contribution in [3.63, 3.8) is 0 Å². The van der Waals surface area contributed by atoms with Gasteiger partial charge in [-0.15, -0.1) is 0 Å². The predicted octanol–water partition coefficient (Wildman–Crippen LogP) is 2.35. The van der Waals surface area contributed by atoms with Crippen LogP contribution in [0.3, 0.4) is 0 Å². The highest BCUT2D eigenvalue weighted by Gasteiger charge is 2.33. The van der Waals surface area contributed by atoms with Crippen LogP contribution in [0.1, 0.15) is 40.0 Å². The first-order valence-corrected chi connectivity index (χ1v) is 7.01. The number of nitrogens with one attached hydrogen (secondary N) is 1.